The normalized spacial score (nSPS) is 10.3. The molecule has 9 nitrogen and oxygen atoms in total. The highest BCUT2D eigenvalue weighted by molar-refractivity contribution is 6.29. The Balaban J connectivity index is 1.93. The van der Waals surface area contributed by atoms with Crippen molar-refractivity contribution in [3.63, 3.8) is 0 Å². The Hall–Kier alpha value is -2.55. The van der Waals surface area contributed by atoms with Crippen molar-refractivity contribution in [2.45, 2.75) is 13.0 Å². The van der Waals surface area contributed by atoms with Crippen molar-refractivity contribution in [2.24, 2.45) is 0 Å². The van der Waals surface area contributed by atoms with Gasteiger partial charge in [0.1, 0.15) is 16.9 Å². The van der Waals surface area contributed by atoms with E-state index < -0.39 is 10.8 Å². The molecule has 2 heterocycles. The molecule has 0 aliphatic rings. The Morgan fingerprint density at radius 1 is 1.52 bits per heavy atom. The number of nitrogens with one attached hydrogen (secondary N) is 1. The fraction of sp³-hybridized carbons (Fsp3) is 0.273. The number of nitrogens with zero attached hydrogens (tertiary/aromatic N) is 5. The first kappa shape index (κ1) is 14.9. The first-order valence-electron chi connectivity index (χ1n) is 6.00. The molecule has 0 aliphatic heterocycles. The zero-order valence-electron chi connectivity index (χ0n) is 10.8. The monoisotopic (exact) mass is 310 g/mol. The summed E-state index contributed by atoms with van der Waals surface area (Å²) < 4.78 is 1.62. The van der Waals surface area contributed by atoms with Gasteiger partial charge in [-0.15, -0.1) is 5.10 Å². The maximum Gasteiger partial charge on any atom is 0.300 e. The molecule has 1 amide bonds. The van der Waals surface area contributed by atoms with Crippen molar-refractivity contribution < 1.29 is 9.72 Å². The van der Waals surface area contributed by atoms with Crippen LogP contribution < -0.4 is 5.32 Å². The van der Waals surface area contributed by atoms with E-state index in [4.69, 9.17) is 11.6 Å². The van der Waals surface area contributed by atoms with Gasteiger partial charge in [0.2, 0.25) is 0 Å². The predicted molar refractivity (Wildman–Crippen MR) is 72.9 cm³/mol. The molecule has 0 fully saturated rings. The summed E-state index contributed by atoms with van der Waals surface area (Å²) in [6.45, 7) is 0.926. The van der Waals surface area contributed by atoms with Crippen molar-refractivity contribution in [3.8, 4) is 0 Å². The van der Waals surface area contributed by atoms with Gasteiger partial charge in [-0.1, -0.05) is 16.8 Å². The summed E-state index contributed by atoms with van der Waals surface area (Å²) in [5.41, 5.74) is -0.492. The summed E-state index contributed by atoms with van der Waals surface area (Å²) in [5, 5.41) is 20.9. The van der Waals surface area contributed by atoms with Crippen LogP contribution in [0.5, 0.6) is 0 Å². The van der Waals surface area contributed by atoms with Crippen LogP contribution in [0.3, 0.4) is 0 Å². The summed E-state index contributed by atoms with van der Waals surface area (Å²) in [5.74, 6) is -0.565. The number of amides is 1. The van der Waals surface area contributed by atoms with Crippen LogP contribution in [0.2, 0.25) is 5.15 Å². The molecule has 2 aromatic heterocycles. The van der Waals surface area contributed by atoms with E-state index >= 15 is 0 Å². The lowest BCUT2D eigenvalue weighted by molar-refractivity contribution is -0.385. The molecular weight excluding hydrogens is 300 g/mol. The Labute approximate surface area is 124 Å². The number of nitro groups is 1. The zero-order valence-corrected chi connectivity index (χ0v) is 11.5. The zero-order chi connectivity index (χ0) is 15.2. The average molecular weight is 311 g/mol. The number of hydrogen-bond donors (Lipinski definition) is 1. The van der Waals surface area contributed by atoms with Crippen LogP contribution >= 0.6 is 11.6 Å². The standard InChI is InChI=1S/C11H11ClN6O3/c12-10-6-8(9(7-14-10)18(20)21)11(19)13-2-1-4-17-5-3-15-16-17/h3,5-7H,1-2,4H2,(H,13,19). The first-order valence-corrected chi connectivity index (χ1v) is 6.38. The SMILES string of the molecule is O=C(NCCCn1ccnn1)c1cc(Cl)ncc1[N+](=O)[O-]. The smallest absolute Gasteiger partial charge is 0.300 e. The highest BCUT2D eigenvalue weighted by Crippen LogP contribution is 2.20. The van der Waals surface area contributed by atoms with E-state index in [1.165, 1.54) is 6.07 Å². The minimum absolute atomic E-state index is 0.0216. The lowest BCUT2D eigenvalue weighted by atomic mass is 10.2. The van der Waals surface area contributed by atoms with Crippen LogP contribution in [-0.4, -0.2) is 37.4 Å². The predicted octanol–water partition coefficient (Wildman–Crippen LogP) is 1.05. The minimum atomic E-state index is -0.673. The third-order valence-corrected chi connectivity index (χ3v) is 2.82. The van der Waals surface area contributed by atoms with Crippen LogP contribution in [0.25, 0.3) is 0 Å². The second-order valence-corrected chi connectivity index (χ2v) is 4.44. The maximum absolute atomic E-state index is 11.9. The number of pyridine rings is 1. The van der Waals surface area contributed by atoms with Gasteiger partial charge in [-0.05, 0) is 12.5 Å². The van der Waals surface area contributed by atoms with Crippen molar-refractivity contribution in [1.82, 2.24) is 25.3 Å². The topological polar surface area (TPSA) is 116 Å². The summed E-state index contributed by atoms with van der Waals surface area (Å²) >= 11 is 5.66. The molecule has 0 aliphatic carbocycles. The summed E-state index contributed by atoms with van der Waals surface area (Å²) in [6, 6.07) is 1.17. The summed E-state index contributed by atoms with van der Waals surface area (Å²) in [6.07, 6.45) is 4.84. The minimum Gasteiger partial charge on any atom is -0.352 e. The quantitative estimate of drug-likeness (QED) is 0.369. The number of carbonyl (C=O) groups excluding carboxylic acids is 1. The fourth-order valence-electron chi connectivity index (χ4n) is 1.64. The second-order valence-electron chi connectivity index (χ2n) is 4.06. The Morgan fingerprint density at radius 3 is 3.00 bits per heavy atom. The van der Waals surface area contributed by atoms with Crippen molar-refractivity contribution in [3.05, 3.63) is 45.5 Å². The first-order chi connectivity index (χ1) is 10.1. The van der Waals surface area contributed by atoms with Crippen LogP contribution in [0.1, 0.15) is 16.8 Å². The van der Waals surface area contributed by atoms with Gasteiger partial charge in [-0.2, -0.15) is 0 Å². The van der Waals surface area contributed by atoms with E-state index in [1.807, 2.05) is 0 Å². The third-order valence-electron chi connectivity index (χ3n) is 2.61. The highest BCUT2D eigenvalue weighted by Gasteiger charge is 2.20. The molecule has 0 bridgehead atoms. The molecule has 21 heavy (non-hydrogen) atoms. The number of aryl methyl sites for hydroxylation is 1. The van der Waals surface area contributed by atoms with Gasteiger partial charge in [-0.3, -0.25) is 19.6 Å². The second kappa shape index (κ2) is 6.75. The fourth-order valence-corrected chi connectivity index (χ4v) is 1.80. The van der Waals surface area contributed by atoms with Crippen molar-refractivity contribution in [1.29, 1.82) is 0 Å². The van der Waals surface area contributed by atoms with Gasteiger partial charge in [0.15, 0.2) is 0 Å². The van der Waals surface area contributed by atoms with E-state index in [1.54, 1.807) is 17.1 Å². The third kappa shape index (κ3) is 3.96. The molecular formula is C11H11ClN6O3. The van der Waals surface area contributed by atoms with Gasteiger partial charge < -0.3 is 5.32 Å². The molecule has 0 atom stereocenters. The number of hydrogen-bond acceptors (Lipinski definition) is 6. The van der Waals surface area contributed by atoms with Crippen molar-refractivity contribution >= 4 is 23.2 Å². The highest BCUT2D eigenvalue weighted by atomic mass is 35.5. The Bertz CT molecular complexity index is 645. The number of halogens is 1. The maximum atomic E-state index is 11.9. The number of rotatable bonds is 6. The molecule has 110 valence electrons. The Morgan fingerprint density at radius 2 is 2.33 bits per heavy atom. The van der Waals surface area contributed by atoms with Crippen LogP contribution in [0, 0.1) is 10.1 Å². The summed E-state index contributed by atoms with van der Waals surface area (Å²) in [4.78, 5) is 25.7. The molecule has 0 aromatic carbocycles. The Kier molecular flexibility index (Phi) is 4.77. The molecule has 0 spiro atoms. The van der Waals surface area contributed by atoms with Gasteiger partial charge in [-0.25, -0.2) is 4.98 Å². The van der Waals surface area contributed by atoms with Crippen LogP contribution in [0.15, 0.2) is 24.7 Å². The lowest BCUT2D eigenvalue weighted by Crippen LogP contribution is -2.26. The van der Waals surface area contributed by atoms with E-state index in [0.29, 0.717) is 19.5 Å². The lowest BCUT2D eigenvalue weighted by Gasteiger charge is -2.06. The molecule has 0 saturated heterocycles. The van der Waals surface area contributed by atoms with Gasteiger partial charge >= 0.3 is 0 Å². The van der Waals surface area contributed by atoms with Crippen LogP contribution in [0.4, 0.5) is 5.69 Å². The number of carbonyl (C=O) groups is 1. The van der Waals surface area contributed by atoms with E-state index in [2.05, 4.69) is 20.6 Å². The molecule has 0 radical (unpaired) electrons. The molecule has 0 saturated carbocycles. The largest absolute Gasteiger partial charge is 0.352 e. The van der Waals surface area contributed by atoms with E-state index in [9.17, 15) is 14.9 Å². The summed E-state index contributed by atoms with van der Waals surface area (Å²) in [7, 11) is 0. The van der Waals surface area contributed by atoms with E-state index in [0.717, 1.165) is 6.20 Å². The number of aromatic nitrogens is 4. The van der Waals surface area contributed by atoms with Crippen LogP contribution in [-0.2, 0) is 6.54 Å². The molecule has 0 unspecified atom stereocenters. The van der Waals surface area contributed by atoms with Gasteiger partial charge in [0.25, 0.3) is 11.6 Å². The van der Waals surface area contributed by atoms with Gasteiger partial charge in [0, 0.05) is 19.3 Å². The van der Waals surface area contributed by atoms with Gasteiger partial charge in [0.05, 0.1) is 11.1 Å². The molecule has 2 aromatic rings. The molecule has 10 heteroatoms. The molecule has 2 rings (SSSR count). The average Bonchev–Trinajstić information content (AvgIpc) is 2.96. The van der Waals surface area contributed by atoms with Crippen molar-refractivity contribution in [2.75, 3.05) is 6.54 Å². The van der Waals surface area contributed by atoms with E-state index in [-0.39, 0.29) is 16.4 Å². The molecule has 1 N–H and O–H groups in total.